The quantitative estimate of drug-likeness (QED) is 0.646. The molecule has 0 fully saturated rings. The maximum absolute atomic E-state index is 14.1. The van der Waals surface area contributed by atoms with Gasteiger partial charge < -0.3 is 24.3 Å². The van der Waals surface area contributed by atoms with Gasteiger partial charge in [-0.05, 0) is 26.0 Å². The molecule has 1 aromatic carbocycles. The Balaban J connectivity index is 2.07. The van der Waals surface area contributed by atoms with Crippen LogP contribution >= 0.6 is 0 Å². The van der Waals surface area contributed by atoms with E-state index in [0.717, 1.165) is 0 Å². The number of halogens is 1. The number of aliphatic hydroxyl groups is 1. The van der Waals surface area contributed by atoms with Crippen LogP contribution in [0.3, 0.4) is 0 Å². The van der Waals surface area contributed by atoms with Crippen molar-refractivity contribution >= 4 is 5.97 Å². The molecule has 2 heterocycles. The molecule has 152 valence electrons. The Labute approximate surface area is 165 Å². The van der Waals surface area contributed by atoms with Crippen molar-refractivity contribution < 1.29 is 28.9 Å². The van der Waals surface area contributed by atoms with Crippen LogP contribution in [0, 0.1) is 5.82 Å². The number of imidazole rings is 1. The average molecular weight is 402 g/mol. The number of aromatic carboxylic acids is 1. The average Bonchev–Trinajstić information content (AvgIpc) is 3.01. The second-order valence-corrected chi connectivity index (χ2v) is 6.67. The summed E-state index contributed by atoms with van der Waals surface area (Å²) in [6.07, 6.45) is 2.63. The minimum Gasteiger partial charge on any atom is -0.493 e. The van der Waals surface area contributed by atoms with Gasteiger partial charge >= 0.3 is 5.97 Å². The molecule has 0 amide bonds. The summed E-state index contributed by atoms with van der Waals surface area (Å²) in [5.74, 6) is -1.78. The van der Waals surface area contributed by atoms with Gasteiger partial charge in [0.25, 0.3) is 0 Å². The maximum atomic E-state index is 14.1. The number of carboxylic acids is 1. The Morgan fingerprint density at radius 3 is 2.55 bits per heavy atom. The number of carbonyl (C=O) groups is 1. The molecule has 0 spiro atoms. The van der Waals surface area contributed by atoms with Gasteiger partial charge in [0.1, 0.15) is 17.0 Å². The highest BCUT2D eigenvalue weighted by Gasteiger charge is 2.31. The zero-order valence-electron chi connectivity index (χ0n) is 16.2. The molecule has 0 unspecified atom stereocenters. The van der Waals surface area contributed by atoms with E-state index >= 15 is 0 Å². The molecule has 0 bridgehead atoms. The van der Waals surface area contributed by atoms with Crippen LogP contribution in [0.4, 0.5) is 4.39 Å². The van der Waals surface area contributed by atoms with Gasteiger partial charge in [-0.2, -0.15) is 0 Å². The number of nitrogens with zero attached hydrogens (tertiary/aromatic N) is 4. The van der Waals surface area contributed by atoms with Crippen molar-refractivity contribution in [3.8, 4) is 28.9 Å². The van der Waals surface area contributed by atoms with Gasteiger partial charge in [0.05, 0.1) is 19.5 Å². The first-order valence-electron chi connectivity index (χ1n) is 8.49. The molecule has 0 saturated carbocycles. The van der Waals surface area contributed by atoms with Crippen molar-refractivity contribution in [1.29, 1.82) is 0 Å². The number of methoxy groups -OCH3 is 1. The largest absolute Gasteiger partial charge is 0.493 e. The summed E-state index contributed by atoms with van der Waals surface area (Å²) in [5.41, 5.74) is -1.52. The van der Waals surface area contributed by atoms with Gasteiger partial charge in [0.15, 0.2) is 23.1 Å². The van der Waals surface area contributed by atoms with Gasteiger partial charge in [-0.25, -0.2) is 19.2 Å². The molecule has 9 nitrogen and oxygen atoms in total. The molecule has 0 atom stereocenters. The molecule has 2 aromatic heterocycles. The lowest BCUT2D eigenvalue weighted by atomic mass is 10.0. The molecule has 0 aliphatic rings. The first-order chi connectivity index (χ1) is 13.6. The fraction of sp³-hybridized carbons (Fsp3) is 0.263. The summed E-state index contributed by atoms with van der Waals surface area (Å²) in [7, 11) is 2.86. The highest BCUT2D eigenvalue weighted by molar-refractivity contribution is 5.88. The van der Waals surface area contributed by atoms with Crippen molar-refractivity contribution in [2.75, 3.05) is 7.11 Å². The maximum Gasteiger partial charge on any atom is 0.354 e. The number of para-hydroxylation sites is 1. The van der Waals surface area contributed by atoms with E-state index in [-0.39, 0.29) is 40.3 Å². The summed E-state index contributed by atoms with van der Waals surface area (Å²) >= 11 is 0. The SMILES string of the molecule is COc1cccc(F)c1Oc1cncc(-c2nc(C(C)(C)O)c(C(=O)O)n2C)n1. The highest BCUT2D eigenvalue weighted by atomic mass is 19.1. The van der Waals surface area contributed by atoms with Gasteiger partial charge in [0.2, 0.25) is 11.6 Å². The lowest BCUT2D eigenvalue weighted by Crippen LogP contribution is -2.21. The first kappa shape index (κ1) is 20.2. The molecule has 10 heteroatoms. The van der Waals surface area contributed by atoms with E-state index in [2.05, 4.69) is 15.0 Å². The van der Waals surface area contributed by atoms with Gasteiger partial charge in [0, 0.05) is 7.05 Å². The summed E-state index contributed by atoms with van der Waals surface area (Å²) < 4.78 is 26.0. The third kappa shape index (κ3) is 3.87. The van der Waals surface area contributed by atoms with Crippen LogP contribution < -0.4 is 9.47 Å². The van der Waals surface area contributed by atoms with Crippen LogP contribution in [0.2, 0.25) is 0 Å². The normalized spacial score (nSPS) is 11.4. The molecule has 0 saturated heterocycles. The summed E-state index contributed by atoms with van der Waals surface area (Å²) in [6, 6.07) is 4.22. The topological polar surface area (TPSA) is 120 Å². The van der Waals surface area contributed by atoms with E-state index in [1.807, 2.05) is 0 Å². The molecule has 3 rings (SSSR count). The molecule has 0 aliphatic carbocycles. The fourth-order valence-electron chi connectivity index (χ4n) is 2.76. The minimum atomic E-state index is -1.49. The highest BCUT2D eigenvalue weighted by Crippen LogP contribution is 2.34. The molecule has 0 radical (unpaired) electrons. The summed E-state index contributed by atoms with van der Waals surface area (Å²) in [4.78, 5) is 24.2. The summed E-state index contributed by atoms with van der Waals surface area (Å²) in [5, 5.41) is 19.8. The van der Waals surface area contributed by atoms with Crippen LogP contribution in [-0.4, -0.2) is 42.8 Å². The van der Waals surface area contributed by atoms with Crippen molar-refractivity contribution in [3.63, 3.8) is 0 Å². The number of hydrogen-bond donors (Lipinski definition) is 2. The smallest absolute Gasteiger partial charge is 0.354 e. The van der Waals surface area contributed by atoms with E-state index in [1.54, 1.807) is 0 Å². The summed E-state index contributed by atoms with van der Waals surface area (Å²) in [6.45, 7) is 2.86. The lowest BCUT2D eigenvalue weighted by Gasteiger charge is -2.15. The van der Waals surface area contributed by atoms with E-state index in [4.69, 9.17) is 9.47 Å². The Morgan fingerprint density at radius 2 is 1.97 bits per heavy atom. The standard InChI is InChI=1S/C19H19FN4O5/c1-19(2,27)16-14(18(25)26)24(3)17(23-16)11-8-21-9-13(22-11)29-15-10(20)6-5-7-12(15)28-4/h5-9,27H,1-4H3,(H,25,26). The minimum absolute atomic E-state index is 0.0219. The van der Waals surface area contributed by atoms with Gasteiger partial charge in [-0.3, -0.25) is 4.98 Å². The number of carboxylic acid groups (broad SMARTS) is 1. The van der Waals surface area contributed by atoms with Crippen molar-refractivity contribution in [2.45, 2.75) is 19.4 Å². The van der Waals surface area contributed by atoms with Gasteiger partial charge in [-0.15, -0.1) is 0 Å². The lowest BCUT2D eigenvalue weighted by molar-refractivity contribution is 0.0603. The molecule has 3 aromatic rings. The zero-order chi connectivity index (χ0) is 21.3. The molecular formula is C19H19FN4O5. The van der Waals surface area contributed by atoms with Crippen LogP contribution in [0.25, 0.3) is 11.5 Å². The Bertz CT molecular complexity index is 1070. The number of benzene rings is 1. The van der Waals surface area contributed by atoms with E-state index in [0.29, 0.717) is 0 Å². The molecule has 0 aliphatic heterocycles. The predicted molar refractivity (Wildman–Crippen MR) is 99.5 cm³/mol. The van der Waals surface area contributed by atoms with Crippen LogP contribution in [0.1, 0.15) is 30.0 Å². The number of ether oxygens (including phenoxy) is 2. The Hall–Kier alpha value is -3.53. The second kappa shape index (κ2) is 7.47. The fourth-order valence-corrected chi connectivity index (χ4v) is 2.76. The second-order valence-electron chi connectivity index (χ2n) is 6.67. The number of aromatic nitrogens is 4. The van der Waals surface area contributed by atoms with E-state index < -0.39 is 17.4 Å². The molecule has 2 N–H and O–H groups in total. The van der Waals surface area contributed by atoms with Crippen molar-refractivity contribution in [1.82, 2.24) is 19.5 Å². The van der Waals surface area contributed by atoms with Crippen molar-refractivity contribution in [2.24, 2.45) is 7.05 Å². The molecular weight excluding hydrogens is 383 g/mol. The van der Waals surface area contributed by atoms with Crippen LogP contribution in [0.15, 0.2) is 30.6 Å². The molecule has 29 heavy (non-hydrogen) atoms. The van der Waals surface area contributed by atoms with Crippen LogP contribution in [-0.2, 0) is 12.6 Å². The number of rotatable bonds is 6. The third-order valence-corrected chi connectivity index (χ3v) is 4.08. The monoisotopic (exact) mass is 402 g/mol. The first-order valence-corrected chi connectivity index (χ1v) is 8.49. The van der Waals surface area contributed by atoms with E-state index in [9.17, 15) is 19.4 Å². The zero-order valence-corrected chi connectivity index (χ0v) is 16.2. The Kier molecular flexibility index (Phi) is 5.21. The van der Waals surface area contributed by atoms with E-state index in [1.165, 1.54) is 63.2 Å². The Morgan fingerprint density at radius 1 is 1.24 bits per heavy atom. The predicted octanol–water partition coefficient (Wildman–Crippen LogP) is 2.74. The number of hydrogen-bond acceptors (Lipinski definition) is 7. The van der Waals surface area contributed by atoms with Gasteiger partial charge in [-0.1, -0.05) is 6.07 Å². The third-order valence-electron chi connectivity index (χ3n) is 4.08. The van der Waals surface area contributed by atoms with Crippen LogP contribution in [0.5, 0.6) is 17.4 Å². The van der Waals surface area contributed by atoms with Crippen molar-refractivity contribution in [3.05, 3.63) is 47.8 Å².